The molecule has 2 rings (SSSR count). The topological polar surface area (TPSA) is 63.4 Å². The maximum Gasteiger partial charge on any atom is 0.280 e. The molecule has 2 aromatic carbocycles. The molecule has 0 amide bonds. The monoisotopic (exact) mass is 256 g/mol. The molecule has 0 atom stereocenters. The van der Waals surface area contributed by atoms with Crippen molar-refractivity contribution in [3.63, 3.8) is 0 Å². The van der Waals surface area contributed by atoms with Crippen molar-refractivity contribution in [1.82, 2.24) is 0 Å². The lowest BCUT2D eigenvalue weighted by molar-refractivity contribution is -0.385. The van der Waals surface area contributed by atoms with Gasteiger partial charge in [-0.1, -0.05) is 18.2 Å². The van der Waals surface area contributed by atoms with Crippen molar-refractivity contribution in [1.29, 1.82) is 0 Å². The molecule has 0 fully saturated rings. The molecular weight excluding hydrogens is 244 g/mol. The highest BCUT2D eigenvalue weighted by Gasteiger charge is 2.15. The molecule has 19 heavy (non-hydrogen) atoms. The van der Waals surface area contributed by atoms with Crippen LogP contribution in [0.15, 0.2) is 48.5 Å². The van der Waals surface area contributed by atoms with E-state index in [2.05, 4.69) is 0 Å². The SMILES string of the molecule is CN(c1ccccc1)c1ccc([N+](=O)[O-])c(C=O)c1. The largest absolute Gasteiger partial charge is 0.345 e. The summed E-state index contributed by atoms with van der Waals surface area (Å²) in [5, 5.41) is 10.8. The molecule has 5 nitrogen and oxygen atoms in total. The molecule has 5 heteroatoms. The van der Waals surface area contributed by atoms with E-state index in [4.69, 9.17) is 0 Å². The van der Waals surface area contributed by atoms with Crippen LogP contribution in [0.3, 0.4) is 0 Å². The summed E-state index contributed by atoms with van der Waals surface area (Å²) in [5.74, 6) is 0. The van der Waals surface area contributed by atoms with Gasteiger partial charge in [0.1, 0.15) is 0 Å². The molecule has 0 saturated carbocycles. The minimum absolute atomic E-state index is 0.0743. The molecule has 0 aliphatic heterocycles. The lowest BCUT2D eigenvalue weighted by Gasteiger charge is -2.19. The van der Waals surface area contributed by atoms with Crippen molar-refractivity contribution in [2.75, 3.05) is 11.9 Å². The van der Waals surface area contributed by atoms with E-state index in [-0.39, 0.29) is 11.3 Å². The van der Waals surface area contributed by atoms with Gasteiger partial charge in [-0.2, -0.15) is 0 Å². The minimum atomic E-state index is -0.559. The van der Waals surface area contributed by atoms with E-state index >= 15 is 0 Å². The molecule has 0 spiro atoms. The highest BCUT2D eigenvalue weighted by Crippen LogP contribution is 2.27. The quantitative estimate of drug-likeness (QED) is 0.479. The highest BCUT2D eigenvalue weighted by molar-refractivity contribution is 5.84. The number of nitrogens with zero attached hydrogens (tertiary/aromatic N) is 2. The van der Waals surface area contributed by atoms with Crippen molar-refractivity contribution >= 4 is 23.3 Å². The Morgan fingerprint density at radius 2 is 1.79 bits per heavy atom. The minimum Gasteiger partial charge on any atom is -0.345 e. The third kappa shape index (κ3) is 2.60. The van der Waals surface area contributed by atoms with E-state index in [9.17, 15) is 14.9 Å². The van der Waals surface area contributed by atoms with E-state index in [0.717, 1.165) is 11.4 Å². The normalized spacial score (nSPS) is 9.95. The molecule has 0 unspecified atom stereocenters. The molecule has 0 N–H and O–H groups in total. The molecule has 0 aromatic heterocycles. The number of nitro benzene ring substituents is 1. The van der Waals surface area contributed by atoms with Crippen LogP contribution in [0.2, 0.25) is 0 Å². The van der Waals surface area contributed by atoms with E-state index in [0.29, 0.717) is 6.29 Å². The van der Waals surface area contributed by atoms with Crippen molar-refractivity contribution in [3.05, 3.63) is 64.2 Å². The maximum atomic E-state index is 10.9. The van der Waals surface area contributed by atoms with Gasteiger partial charge >= 0.3 is 0 Å². The zero-order chi connectivity index (χ0) is 13.8. The Labute approximate surface area is 110 Å². The summed E-state index contributed by atoms with van der Waals surface area (Å²) in [6.07, 6.45) is 0.500. The van der Waals surface area contributed by atoms with Gasteiger partial charge in [-0.05, 0) is 24.3 Å². The van der Waals surface area contributed by atoms with Crippen LogP contribution >= 0.6 is 0 Å². The van der Waals surface area contributed by atoms with Gasteiger partial charge in [0.2, 0.25) is 0 Å². The Hall–Kier alpha value is -2.69. The van der Waals surface area contributed by atoms with E-state index in [1.807, 2.05) is 42.3 Å². The lowest BCUT2D eigenvalue weighted by atomic mass is 10.1. The number of hydrogen-bond donors (Lipinski definition) is 0. The second-order valence-corrected chi connectivity index (χ2v) is 4.01. The fraction of sp³-hybridized carbons (Fsp3) is 0.0714. The highest BCUT2D eigenvalue weighted by atomic mass is 16.6. The summed E-state index contributed by atoms with van der Waals surface area (Å²) in [6.45, 7) is 0. The van der Waals surface area contributed by atoms with Crippen molar-refractivity contribution in [3.8, 4) is 0 Å². The maximum absolute atomic E-state index is 10.9. The van der Waals surface area contributed by atoms with E-state index in [1.54, 1.807) is 6.07 Å². The fourth-order valence-electron chi connectivity index (χ4n) is 1.81. The van der Waals surface area contributed by atoms with Gasteiger partial charge in [0, 0.05) is 24.5 Å². The average Bonchev–Trinajstić information content (AvgIpc) is 2.46. The first-order valence-corrected chi connectivity index (χ1v) is 5.66. The number of aldehydes is 1. The molecule has 96 valence electrons. The smallest absolute Gasteiger partial charge is 0.280 e. The zero-order valence-corrected chi connectivity index (χ0v) is 10.3. The van der Waals surface area contributed by atoms with Crippen molar-refractivity contribution in [2.45, 2.75) is 0 Å². The first-order chi connectivity index (χ1) is 9.13. The second-order valence-electron chi connectivity index (χ2n) is 4.01. The predicted molar refractivity (Wildman–Crippen MR) is 73.0 cm³/mol. The number of benzene rings is 2. The zero-order valence-electron chi connectivity index (χ0n) is 10.3. The molecule has 0 aliphatic rings. The summed E-state index contributed by atoms with van der Waals surface area (Å²) in [5.41, 5.74) is 1.55. The van der Waals surface area contributed by atoms with Crippen LogP contribution in [0.25, 0.3) is 0 Å². The molecule has 0 heterocycles. The Morgan fingerprint density at radius 1 is 1.11 bits per heavy atom. The molecular formula is C14H12N2O3. The Bertz CT molecular complexity index is 611. The van der Waals surface area contributed by atoms with Gasteiger partial charge in [-0.15, -0.1) is 0 Å². The third-order valence-electron chi connectivity index (χ3n) is 2.87. The van der Waals surface area contributed by atoms with Crippen molar-refractivity contribution < 1.29 is 9.72 Å². The van der Waals surface area contributed by atoms with Crippen LogP contribution in [0.1, 0.15) is 10.4 Å². The van der Waals surface area contributed by atoms with Gasteiger partial charge in [0.05, 0.1) is 10.5 Å². The van der Waals surface area contributed by atoms with Crippen LogP contribution in [-0.4, -0.2) is 18.3 Å². The number of hydrogen-bond acceptors (Lipinski definition) is 4. The summed E-state index contributed by atoms with van der Waals surface area (Å²) < 4.78 is 0. The van der Waals surface area contributed by atoms with Crippen LogP contribution < -0.4 is 4.90 Å². The number of rotatable bonds is 4. The predicted octanol–water partition coefficient (Wildman–Crippen LogP) is 3.18. The molecule has 0 bridgehead atoms. The van der Waals surface area contributed by atoms with Gasteiger partial charge < -0.3 is 4.90 Å². The number of carbonyl (C=O) groups excluding carboxylic acids is 1. The van der Waals surface area contributed by atoms with Gasteiger partial charge in [0.15, 0.2) is 6.29 Å². The standard InChI is InChI=1S/C14H12N2O3/c1-15(12-5-3-2-4-6-12)13-7-8-14(16(18)19)11(9-13)10-17/h2-10H,1H3. The lowest BCUT2D eigenvalue weighted by Crippen LogP contribution is -2.09. The molecule has 0 radical (unpaired) electrons. The summed E-state index contributed by atoms with van der Waals surface area (Å²) in [6, 6.07) is 14.0. The van der Waals surface area contributed by atoms with Crippen LogP contribution in [0, 0.1) is 10.1 Å². The first-order valence-electron chi connectivity index (χ1n) is 5.66. The van der Waals surface area contributed by atoms with E-state index < -0.39 is 4.92 Å². The number of carbonyl (C=O) groups is 1. The molecule has 2 aromatic rings. The summed E-state index contributed by atoms with van der Waals surface area (Å²) >= 11 is 0. The summed E-state index contributed by atoms with van der Waals surface area (Å²) in [4.78, 5) is 23.0. The number of nitro groups is 1. The third-order valence-corrected chi connectivity index (χ3v) is 2.87. The average molecular weight is 256 g/mol. The Balaban J connectivity index is 2.41. The van der Waals surface area contributed by atoms with Crippen LogP contribution in [0.5, 0.6) is 0 Å². The van der Waals surface area contributed by atoms with Crippen molar-refractivity contribution in [2.24, 2.45) is 0 Å². The van der Waals surface area contributed by atoms with Gasteiger partial charge in [-0.3, -0.25) is 14.9 Å². The second kappa shape index (κ2) is 5.30. The number of anilines is 2. The van der Waals surface area contributed by atoms with Crippen LogP contribution in [-0.2, 0) is 0 Å². The van der Waals surface area contributed by atoms with Crippen LogP contribution in [0.4, 0.5) is 17.1 Å². The molecule has 0 aliphatic carbocycles. The molecule has 0 saturated heterocycles. The van der Waals surface area contributed by atoms with Gasteiger partial charge in [0.25, 0.3) is 5.69 Å². The first kappa shape index (κ1) is 12.8. The van der Waals surface area contributed by atoms with E-state index in [1.165, 1.54) is 12.1 Å². The Morgan fingerprint density at radius 3 is 2.37 bits per heavy atom. The van der Waals surface area contributed by atoms with Gasteiger partial charge in [-0.25, -0.2) is 0 Å². The summed E-state index contributed by atoms with van der Waals surface area (Å²) in [7, 11) is 1.84. The Kier molecular flexibility index (Phi) is 3.56. The number of para-hydroxylation sites is 1. The fourth-order valence-corrected chi connectivity index (χ4v) is 1.81.